The number of benzene rings is 3. The van der Waals surface area contributed by atoms with Crippen molar-refractivity contribution < 1.29 is 13.9 Å². The lowest BCUT2D eigenvalue weighted by Crippen LogP contribution is -2.29. The van der Waals surface area contributed by atoms with Crippen molar-refractivity contribution in [3.05, 3.63) is 123 Å². The fourth-order valence-electron chi connectivity index (χ4n) is 4.22. The van der Waals surface area contributed by atoms with Gasteiger partial charge in [-0.3, -0.25) is 9.59 Å². The van der Waals surface area contributed by atoms with Crippen molar-refractivity contribution in [2.24, 2.45) is 0 Å². The summed E-state index contributed by atoms with van der Waals surface area (Å²) in [5.74, 6) is 0.333. The van der Waals surface area contributed by atoms with E-state index >= 15 is 0 Å². The molecule has 1 unspecified atom stereocenters. The van der Waals surface area contributed by atoms with Gasteiger partial charge in [-0.2, -0.15) is 0 Å². The summed E-state index contributed by atoms with van der Waals surface area (Å²) in [7, 11) is 0. The fraction of sp³-hybridized carbons (Fsp3) is 0.111. The van der Waals surface area contributed by atoms with E-state index < -0.39 is 6.04 Å². The zero-order valence-corrected chi connectivity index (χ0v) is 18.4. The van der Waals surface area contributed by atoms with Gasteiger partial charge in [-0.25, -0.2) is 0 Å². The van der Waals surface area contributed by atoms with E-state index in [9.17, 15) is 9.59 Å². The van der Waals surface area contributed by atoms with Crippen molar-refractivity contribution in [2.45, 2.75) is 12.6 Å². The molecule has 164 valence electrons. The predicted molar refractivity (Wildman–Crippen MR) is 128 cm³/mol. The molecule has 5 rings (SSSR count). The Morgan fingerprint density at radius 1 is 1.03 bits per heavy atom. The van der Waals surface area contributed by atoms with Crippen LogP contribution < -0.4 is 10.2 Å². The van der Waals surface area contributed by atoms with E-state index in [1.54, 1.807) is 41.3 Å². The number of halogens is 1. The number of ether oxygens (including phenoxy) is 1. The van der Waals surface area contributed by atoms with Crippen LogP contribution in [0.1, 0.15) is 33.3 Å². The van der Waals surface area contributed by atoms with Gasteiger partial charge in [0.2, 0.25) is 5.76 Å². The minimum Gasteiger partial charge on any atom is -0.490 e. The quantitative estimate of drug-likeness (QED) is 0.345. The number of hydrogen-bond acceptors (Lipinski definition) is 4. The molecule has 33 heavy (non-hydrogen) atoms. The van der Waals surface area contributed by atoms with E-state index in [1.165, 1.54) is 0 Å². The second-order valence-electron chi connectivity index (χ2n) is 7.77. The normalized spacial score (nSPS) is 15.0. The summed E-state index contributed by atoms with van der Waals surface area (Å²) in [6, 6.07) is 21.0. The van der Waals surface area contributed by atoms with Crippen LogP contribution in [0.4, 0.5) is 0 Å². The third-order valence-electron chi connectivity index (χ3n) is 5.71. The number of hydrogen-bond donors (Lipinski definition) is 0. The molecular weight excluding hydrogens is 438 g/mol. The molecule has 1 aliphatic rings. The molecule has 0 radical (unpaired) electrons. The predicted octanol–water partition coefficient (Wildman–Crippen LogP) is 5.76. The first kappa shape index (κ1) is 21.0. The van der Waals surface area contributed by atoms with Crippen molar-refractivity contribution in [3.63, 3.8) is 0 Å². The molecule has 2 heterocycles. The number of para-hydroxylation sites is 1. The van der Waals surface area contributed by atoms with Crippen molar-refractivity contribution in [3.8, 4) is 5.75 Å². The van der Waals surface area contributed by atoms with Crippen LogP contribution in [0.3, 0.4) is 0 Å². The van der Waals surface area contributed by atoms with E-state index in [0.717, 1.165) is 11.1 Å². The van der Waals surface area contributed by atoms with Crippen molar-refractivity contribution in [1.29, 1.82) is 0 Å². The maximum Gasteiger partial charge on any atom is 0.291 e. The van der Waals surface area contributed by atoms with Gasteiger partial charge >= 0.3 is 0 Å². The molecule has 1 aliphatic heterocycles. The lowest BCUT2D eigenvalue weighted by Gasteiger charge is -2.26. The molecule has 3 aromatic carbocycles. The van der Waals surface area contributed by atoms with Gasteiger partial charge in [0.25, 0.3) is 5.91 Å². The highest BCUT2D eigenvalue weighted by atomic mass is 35.5. The second kappa shape index (κ2) is 8.60. The average Bonchev–Trinajstić information content (AvgIpc) is 3.11. The van der Waals surface area contributed by atoms with Crippen LogP contribution in [0.2, 0.25) is 5.02 Å². The van der Waals surface area contributed by atoms with E-state index in [0.29, 0.717) is 33.9 Å². The standard InChI is InChI=1S/C27H20ClNO4/c1-2-14-32-19-10-7-9-17(15-19)24-23-25(30)20-11-4-6-13-22(20)33-26(23)27(31)29(24)16-18-8-3-5-12-21(18)28/h2-13,15,24H,1,14,16H2. The second-order valence-corrected chi connectivity index (χ2v) is 8.18. The SMILES string of the molecule is C=CCOc1cccc(C2c3c(oc4ccccc4c3=O)C(=O)N2Cc2ccccc2Cl)c1. The third kappa shape index (κ3) is 3.70. The lowest BCUT2D eigenvalue weighted by molar-refractivity contribution is 0.0714. The Bertz CT molecular complexity index is 1440. The lowest BCUT2D eigenvalue weighted by atomic mass is 9.98. The minimum absolute atomic E-state index is 0.0631. The van der Waals surface area contributed by atoms with E-state index in [-0.39, 0.29) is 23.6 Å². The summed E-state index contributed by atoms with van der Waals surface area (Å²) in [5.41, 5.74) is 2.02. The molecule has 6 heteroatoms. The highest BCUT2D eigenvalue weighted by Crippen LogP contribution is 2.40. The largest absolute Gasteiger partial charge is 0.490 e. The Balaban J connectivity index is 1.70. The third-order valence-corrected chi connectivity index (χ3v) is 6.08. The Labute approximate surface area is 195 Å². The van der Waals surface area contributed by atoms with Crippen LogP contribution >= 0.6 is 11.6 Å². The molecular formula is C27H20ClNO4. The van der Waals surface area contributed by atoms with Gasteiger partial charge < -0.3 is 14.1 Å². The summed E-state index contributed by atoms with van der Waals surface area (Å²) in [6.45, 7) is 4.25. The molecule has 0 aliphatic carbocycles. The minimum atomic E-state index is -0.642. The van der Waals surface area contributed by atoms with Crippen LogP contribution in [0.15, 0.2) is 94.7 Å². The van der Waals surface area contributed by atoms with Gasteiger partial charge in [0.05, 0.1) is 17.0 Å². The van der Waals surface area contributed by atoms with Gasteiger partial charge in [0.15, 0.2) is 5.43 Å². The molecule has 5 nitrogen and oxygen atoms in total. The molecule has 4 aromatic rings. The van der Waals surface area contributed by atoms with Crippen LogP contribution in [-0.4, -0.2) is 17.4 Å². The first-order valence-electron chi connectivity index (χ1n) is 10.5. The number of carbonyl (C=O) groups is 1. The van der Waals surface area contributed by atoms with Gasteiger partial charge in [-0.05, 0) is 41.5 Å². The Kier molecular flexibility index (Phi) is 5.48. The topological polar surface area (TPSA) is 59.8 Å². The number of nitrogens with zero attached hydrogens (tertiary/aromatic N) is 1. The molecule has 0 saturated heterocycles. The van der Waals surface area contributed by atoms with Gasteiger partial charge in [-0.1, -0.05) is 66.7 Å². The molecule has 0 bridgehead atoms. The molecule has 0 N–H and O–H groups in total. The zero-order chi connectivity index (χ0) is 22.9. The zero-order valence-electron chi connectivity index (χ0n) is 17.7. The fourth-order valence-corrected chi connectivity index (χ4v) is 4.41. The summed E-state index contributed by atoms with van der Waals surface area (Å²) in [6.07, 6.45) is 1.66. The van der Waals surface area contributed by atoms with Gasteiger partial charge in [0.1, 0.15) is 17.9 Å². The van der Waals surface area contributed by atoms with E-state index in [2.05, 4.69) is 6.58 Å². The van der Waals surface area contributed by atoms with Crippen molar-refractivity contribution in [1.82, 2.24) is 4.90 Å². The van der Waals surface area contributed by atoms with Gasteiger partial charge in [-0.15, -0.1) is 0 Å². The summed E-state index contributed by atoms with van der Waals surface area (Å²) >= 11 is 6.40. The molecule has 0 fully saturated rings. The van der Waals surface area contributed by atoms with Crippen LogP contribution in [0.25, 0.3) is 11.0 Å². The Morgan fingerprint density at radius 3 is 2.64 bits per heavy atom. The summed E-state index contributed by atoms with van der Waals surface area (Å²) < 4.78 is 11.7. The molecule has 0 spiro atoms. The molecule has 0 saturated carbocycles. The van der Waals surface area contributed by atoms with Crippen LogP contribution in [0.5, 0.6) is 5.75 Å². The van der Waals surface area contributed by atoms with E-state index in [4.69, 9.17) is 20.8 Å². The van der Waals surface area contributed by atoms with Crippen LogP contribution in [0, 0.1) is 0 Å². The molecule has 1 aromatic heterocycles. The number of rotatable bonds is 6. The average molecular weight is 458 g/mol. The first-order chi connectivity index (χ1) is 16.1. The van der Waals surface area contributed by atoms with Gasteiger partial charge in [0, 0.05) is 11.6 Å². The Hall–Kier alpha value is -3.83. The van der Waals surface area contributed by atoms with Crippen molar-refractivity contribution >= 4 is 28.5 Å². The van der Waals surface area contributed by atoms with Crippen molar-refractivity contribution in [2.75, 3.05) is 6.61 Å². The number of amides is 1. The van der Waals surface area contributed by atoms with Crippen LogP contribution in [-0.2, 0) is 6.54 Å². The maximum atomic E-state index is 13.6. The first-order valence-corrected chi connectivity index (χ1v) is 10.9. The number of fused-ring (bicyclic) bond motifs is 2. The maximum absolute atomic E-state index is 13.6. The Morgan fingerprint density at radius 2 is 1.82 bits per heavy atom. The molecule has 1 amide bonds. The molecule has 1 atom stereocenters. The monoisotopic (exact) mass is 457 g/mol. The van der Waals surface area contributed by atoms with E-state index in [1.807, 2.05) is 42.5 Å². The number of carbonyl (C=O) groups excluding carboxylic acids is 1. The summed E-state index contributed by atoms with van der Waals surface area (Å²) in [5, 5.41) is 0.986. The summed E-state index contributed by atoms with van der Waals surface area (Å²) in [4.78, 5) is 28.7. The highest BCUT2D eigenvalue weighted by molar-refractivity contribution is 6.31. The smallest absolute Gasteiger partial charge is 0.291 e. The highest BCUT2D eigenvalue weighted by Gasteiger charge is 2.43.